The van der Waals surface area contributed by atoms with Crippen LogP contribution in [0.25, 0.3) is 6.08 Å². The predicted molar refractivity (Wildman–Crippen MR) is 81.0 cm³/mol. The second-order valence-corrected chi connectivity index (χ2v) is 5.11. The number of nitrogens with two attached hydrogens (primary N) is 1. The third-order valence-electron chi connectivity index (χ3n) is 3.32. The van der Waals surface area contributed by atoms with Crippen LogP contribution in [-0.2, 0) is 4.79 Å². The van der Waals surface area contributed by atoms with Crippen molar-refractivity contribution in [2.24, 2.45) is 5.73 Å². The molecule has 0 saturated carbocycles. The number of carbonyl (C=O) groups is 1. The van der Waals surface area contributed by atoms with Crippen LogP contribution in [0.1, 0.15) is 32.3 Å². The highest BCUT2D eigenvalue weighted by atomic mass is 35.5. The average molecular weight is 281 g/mol. The molecule has 4 heteroatoms. The monoisotopic (exact) mass is 280 g/mol. The summed E-state index contributed by atoms with van der Waals surface area (Å²) in [4.78, 5) is 11.7. The Hall–Kier alpha value is -1.32. The van der Waals surface area contributed by atoms with Crippen molar-refractivity contribution in [2.75, 3.05) is 6.54 Å². The van der Waals surface area contributed by atoms with E-state index in [2.05, 4.69) is 5.32 Å². The van der Waals surface area contributed by atoms with E-state index >= 15 is 0 Å². The molecule has 0 unspecified atom stereocenters. The molecule has 19 heavy (non-hydrogen) atoms. The van der Waals surface area contributed by atoms with Gasteiger partial charge in [0.1, 0.15) is 0 Å². The lowest BCUT2D eigenvalue weighted by Gasteiger charge is -2.26. The van der Waals surface area contributed by atoms with E-state index in [1.165, 1.54) is 6.08 Å². The van der Waals surface area contributed by atoms with Crippen molar-refractivity contribution in [3.63, 3.8) is 0 Å². The molecule has 0 spiro atoms. The Morgan fingerprint density at radius 1 is 1.32 bits per heavy atom. The van der Waals surface area contributed by atoms with Crippen molar-refractivity contribution in [3.05, 3.63) is 40.9 Å². The minimum absolute atomic E-state index is 0.133. The second-order valence-electron chi connectivity index (χ2n) is 4.67. The average Bonchev–Trinajstić information content (AvgIpc) is 2.44. The number of nitrogens with one attached hydrogen (secondary N) is 1. The summed E-state index contributed by atoms with van der Waals surface area (Å²) in [6.45, 7) is 4.54. The highest BCUT2D eigenvalue weighted by Gasteiger charge is 2.20. The van der Waals surface area contributed by atoms with E-state index in [0.29, 0.717) is 11.6 Å². The lowest BCUT2D eigenvalue weighted by molar-refractivity contribution is -0.116. The van der Waals surface area contributed by atoms with Crippen molar-refractivity contribution < 1.29 is 4.79 Å². The molecule has 1 amide bonds. The molecule has 1 aromatic rings. The van der Waals surface area contributed by atoms with Crippen LogP contribution in [0.4, 0.5) is 0 Å². The highest BCUT2D eigenvalue weighted by molar-refractivity contribution is 6.30. The highest BCUT2D eigenvalue weighted by Crippen LogP contribution is 2.11. The molecule has 0 bridgehead atoms. The molecule has 0 aliphatic heterocycles. The number of hydrogen-bond donors (Lipinski definition) is 2. The molecule has 0 aliphatic rings. The van der Waals surface area contributed by atoms with Crippen molar-refractivity contribution in [2.45, 2.75) is 32.2 Å². The lowest BCUT2D eigenvalue weighted by atomic mass is 9.94. The number of rotatable bonds is 6. The Morgan fingerprint density at radius 2 is 1.89 bits per heavy atom. The molecule has 1 rings (SSSR count). The predicted octanol–water partition coefficient (Wildman–Crippen LogP) is 2.99. The standard InChI is InChI=1S/C15H21ClN2O/c1-3-15(17,4-2)11-18-14(19)10-7-12-5-8-13(16)9-6-12/h5-10H,3-4,11,17H2,1-2H3,(H,18,19)/b10-7+. The van der Waals surface area contributed by atoms with Gasteiger partial charge in [-0.1, -0.05) is 37.6 Å². The number of halogens is 1. The van der Waals surface area contributed by atoms with E-state index in [0.717, 1.165) is 18.4 Å². The van der Waals surface area contributed by atoms with Gasteiger partial charge in [-0.2, -0.15) is 0 Å². The summed E-state index contributed by atoms with van der Waals surface area (Å²) < 4.78 is 0. The minimum atomic E-state index is -0.316. The SMILES string of the molecule is CCC(N)(CC)CNC(=O)/C=C/c1ccc(Cl)cc1. The van der Waals surface area contributed by atoms with E-state index in [4.69, 9.17) is 17.3 Å². The van der Waals surface area contributed by atoms with Gasteiger partial charge in [-0.3, -0.25) is 4.79 Å². The van der Waals surface area contributed by atoms with E-state index in [9.17, 15) is 4.79 Å². The summed E-state index contributed by atoms with van der Waals surface area (Å²) in [6, 6.07) is 7.30. The minimum Gasteiger partial charge on any atom is -0.351 e. The summed E-state index contributed by atoms with van der Waals surface area (Å²) >= 11 is 5.79. The first-order valence-electron chi connectivity index (χ1n) is 6.49. The quantitative estimate of drug-likeness (QED) is 0.787. The Bertz CT molecular complexity index is 436. The molecule has 0 saturated heterocycles. The molecule has 3 N–H and O–H groups in total. The third kappa shape index (κ3) is 5.45. The van der Waals surface area contributed by atoms with Crippen LogP contribution in [-0.4, -0.2) is 18.0 Å². The van der Waals surface area contributed by atoms with Crippen molar-refractivity contribution in [1.82, 2.24) is 5.32 Å². The van der Waals surface area contributed by atoms with Crippen LogP contribution in [0, 0.1) is 0 Å². The maximum Gasteiger partial charge on any atom is 0.244 e. The van der Waals surface area contributed by atoms with Gasteiger partial charge in [-0.15, -0.1) is 0 Å². The number of carbonyl (C=O) groups excluding carboxylic acids is 1. The normalized spacial score (nSPS) is 11.8. The molecule has 0 aromatic heterocycles. The number of benzene rings is 1. The van der Waals surface area contributed by atoms with Crippen LogP contribution in [0.5, 0.6) is 0 Å². The summed E-state index contributed by atoms with van der Waals surface area (Å²) in [5.41, 5.74) is 6.73. The Labute approximate surface area is 119 Å². The van der Waals surface area contributed by atoms with Crippen LogP contribution in [0.15, 0.2) is 30.3 Å². The van der Waals surface area contributed by atoms with E-state index in [-0.39, 0.29) is 11.4 Å². The lowest BCUT2D eigenvalue weighted by Crippen LogP contribution is -2.48. The first kappa shape index (κ1) is 15.7. The fourth-order valence-electron chi connectivity index (χ4n) is 1.57. The Balaban J connectivity index is 2.49. The Kier molecular flexibility index (Phi) is 6.06. The van der Waals surface area contributed by atoms with Crippen LogP contribution < -0.4 is 11.1 Å². The maximum atomic E-state index is 11.7. The van der Waals surface area contributed by atoms with Crippen molar-refractivity contribution in [1.29, 1.82) is 0 Å². The van der Waals surface area contributed by atoms with Gasteiger partial charge < -0.3 is 11.1 Å². The largest absolute Gasteiger partial charge is 0.351 e. The van der Waals surface area contributed by atoms with E-state index < -0.39 is 0 Å². The van der Waals surface area contributed by atoms with Gasteiger partial charge in [-0.05, 0) is 36.6 Å². The second kappa shape index (κ2) is 7.31. The zero-order chi connectivity index (χ0) is 14.3. The van der Waals surface area contributed by atoms with Gasteiger partial charge in [0.05, 0.1) is 0 Å². The van der Waals surface area contributed by atoms with Crippen LogP contribution in [0.3, 0.4) is 0 Å². The van der Waals surface area contributed by atoms with Gasteiger partial charge in [-0.25, -0.2) is 0 Å². The fraction of sp³-hybridized carbons (Fsp3) is 0.400. The molecule has 0 atom stereocenters. The number of amides is 1. The van der Waals surface area contributed by atoms with Gasteiger partial charge in [0.15, 0.2) is 0 Å². The van der Waals surface area contributed by atoms with E-state index in [1.54, 1.807) is 18.2 Å². The van der Waals surface area contributed by atoms with Crippen molar-refractivity contribution in [3.8, 4) is 0 Å². The van der Waals surface area contributed by atoms with Crippen molar-refractivity contribution >= 4 is 23.6 Å². The van der Waals surface area contributed by atoms with Gasteiger partial charge >= 0.3 is 0 Å². The molecule has 0 fully saturated rings. The van der Waals surface area contributed by atoms with E-state index in [1.807, 2.05) is 26.0 Å². The summed E-state index contributed by atoms with van der Waals surface area (Å²) in [5.74, 6) is -0.133. The summed E-state index contributed by atoms with van der Waals surface area (Å²) in [6.07, 6.45) is 4.94. The molecule has 1 aromatic carbocycles. The molecule has 104 valence electrons. The van der Waals surface area contributed by atoms with Gasteiger partial charge in [0.2, 0.25) is 5.91 Å². The molecular weight excluding hydrogens is 260 g/mol. The van der Waals surface area contributed by atoms with Gasteiger partial charge in [0.25, 0.3) is 0 Å². The third-order valence-corrected chi connectivity index (χ3v) is 3.57. The molecule has 3 nitrogen and oxygen atoms in total. The Morgan fingerprint density at radius 3 is 2.42 bits per heavy atom. The molecule has 0 heterocycles. The van der Waals surface area contributed by atoms with Crippen LogP contribution in [0.2, 0.25) is 5.02 Å². The molecule has 0 radical (unpaired) electrons. The smallest absolute Gasteiger partial charge is 0.244 e. The summed E-state index contributed by atoms with van der Waals surface area (Å²) in [7, 11) is 0. The first-order valence-corrected chi connectivity index (χ1v) is 6.87. The molecule has 0 aliphatic carbocycles. The molecular formula is C15H21ClN2O. The topological polar surface area (TPSA) is 55.1 Å². The maximum absolute atomic E-state index is 11.7. The van der Waals surface area contributed by atoms with Gasteiger partial charge in [0, 0.05) is 23.2 Å². The zero-order valence-corrected chi connectivity index (χ0v) is 12.2. The number of hydrogen-bond acceptors (Lipinski definition) is 2. The first-order chi connectivity index (χ1) is 8.99. The zero-order valence-electron chi connectivity index (χ0n) is 11.4. The summed E-state index contributed by atoms with van der Waals surface area (Å²) in [5, 5.41) is 3.51. The van der Waals surface area contributed by atoms with Crippen LogP contribution >= 0.6 is 11.6 Å². The fourth-order valence-corrected chi connectivity index (χ4v) is 1.69.